The molecule has 0 amide bonds. The largest absolute Gasteiger partial charge is 0.481 e. The van der Waals surface area contributed by atoms with Gasteiger partial charge in [0.2, 0.25) is 0 Å². The Labute approximate surface area is 122 Å². The monoisotopic (exact) mass is 280 g/mol. The van der Waals surface area contributed by atoms with Crippen LogP contribution < -0.4 is 0 Å². The van der Waals surface area contributed by atoms with Crippen molar-refractivity contribution in [2.75, 3.05) is 0 Å². The molecule has 0 aliphatic carbocycles. The summed E-state index contributed by atoms with van der Waals surface area (Å²) in [7, 11) is 0. The number of aryl methyl sites for hydroxylation is 2. The zero-order valence-electron chi connectivity index (χ0n) is 11.8. The lowest BCUT2D eigenvalue weighted by Gasteiger charge is -2.08. The van der Waals surface area contributed by atoms with Gasteiger partial charge in [0.25, 0.3) is 0 Å². The molecule has 0 spiro atoms. The Morgan fingerprint density at radius 1 is 1.14 bits per heavy atom. The van der Waals surface area contributed by atoms with Crippen molar-refractivity contribution in [2.24, 2.45) is 0 Å². The highest BCUT2D eigenvalue weighted by Crippen LogP contribution is 2.25. The SMILES string of the molecule is Cc1ccc(-c2nc3ccccc3n2CCC(=O)O)cc1. The van der Waals surface area contributed by atoms with Crippen molar-refractivity contribution in [3.63, 3.8) is 0 Å². The Kier molecular flexibility index (Phi) is 3.44. The van der Waals surface area contributed by atoms with Crippen molar-refractivity contribution in [1.82, 2.24) is 9.55 Å². The first-order valence-corrected chi connectivity index (χ1v) is 6.89. The molecule has 0 bridgehead atoms. The Morgan fingerprint density at radius 3 is 2.57 bits per heavy atom. The minimum Gasteiger partial charge on any atom is -0.481 e. The zero-order valence-corrected chi connectivity index (χ0v) is 11.8. The second-order valence-corrected chi connectivity index (χ2v) is 5.09. The fourth-order valence-corrected chi connectivity index (χ4v) is 2.43. The van der Waals surface area contributed by atoms with Crippen molar-refractivity contribution < 1.29 is 9.90 Å². The van der Waals surface area contributed by atoms with Crippen LogP contribution in [0.2, 0.25) is 0 Å². The summed E-state index contributed by atoms with van der Waals surface area (Å²) in [5.41, 5.74) is 4.04. The molecule has 2 aromatic carbocycles. The summed E-state index contributed by atoms with van der Waals surface area (Å²) in [5, 5.41) is 8.95. The van der Waals surface area contributed by atoms with Crippen molar-refractivity contribution in [3.05, 3.63) is 54.1 Å². The number of fused-ring (bicyclic) bond motifs is 1. The molecular weight excluding hydrogens is 264 g/mol. The maximum Gasteiger partial charge on any atom is 0.305 e. The van der Waals surface area contributed by atoms with E-state index in [0.29, 0.717) is 6.54 Å². The van der Waals surface area contributed by atoms with Crippen molar-refractivity contribution in [3.8, 4) is 11.4 Å². The quantitative estimate of drug-likeness (QED) is 0.796. The third-order valence-corrected chi connectivity index (χ3v) is 3.51. The van der Waals surface area contributed by atoms with Gasteiger partial charge in [-0.05, 0) is 19.1 Å². The Hall–Kier alpha value is -2.62. The van der Waals surface area contributed by atoms with Crippen molar-refractivity contribution >= 4 is 17.0 Å². The first-order chi connectivity index (χ1) is 10.1. The van der Waals surface area contributed by atoms with Gasteiger partial charge in [-0.25, -0.2) is 4.98 Å². The predicted molar refractivity (Wildman–Crippen MR) is 82.2 cm³/mol. The normalized spacial score (nSPS) is 10.9. The van der Waals surface area contributed by atoms with Gasteiger partial charge in [-0.15, -0.1) is 0 Å². The number of nitrogens with zero attached hydrogens (tertiary/aromatic N) is 2. The van der Waals surface area contributed by atoms with E-state index in [-0.39, 0.29) is 6.42 Å². The number of benzene rings is 2. The van der Waals surface area contributed by atoms with Crippen LogP contribution in [0.25, 0.3) is 22.4 Å². The standard InChI is InChI=1S/C17H16N2O2/c1-12-6-8-13(9-7-12)17-18-14-4-2-3-5-15(14)19(17)11-10-16(20)21/h2-9H,10-11H2,1H3,(H,20,21). The van der Waals surface area contributed by atoms with Crippen LogP contribution in [0.4, 0.5) is 0 Å². The zero-order chi connectivity index (χ0) is 14.8. The van der Waals surface area contributed by atoms with Gasteiger partial charge >= 0.3 is 5.97 Å². The van der Waals surface area contributed by atoms with E-state index in [1.165, 1.54) is 5.56 Å². The van der Waals surface area contributed by atoms with Crippen molar-refractivity contribution in [1.29, 1.82) is 0 Å². The molecular formula is C17H16N2O2. The number of carboxylic acid groups (broad SMARTS) is 1. The van der Waals surface area contributed by atoms with Crippen LogP contribution in [0.3, 0.4) is 0 Å². The molecule has 0 aliphatic heterocycles. The van der Waals surface area contributed by atoms with E-state index in [2.05, 4.69) is 4.98 Å². The lowest BCUT2D eigenvalue weighted by atomic mass is 10.1. The third kappa shape index (κ3) is 2.65. The molecule has 0 atom stereocenters. The molecule has 1 N–H and O–H groups in total. The van der Waals surface area contributed by atoms with Gasteiger partial charge in [-0.3, -0.25) is 4.79 Å². The molecule has 106 valence electrons. The number of aliphatic carboxylic acids is 1. The second-order valence-electron chi connectivity index (χ2n) is 5.09. The number of hydrogen-bond donors (Lipinski definition) is 1. The van der Waals surface area contributed by atoms with Crippen LogP contribution in [0, 0.1) is 6.92 Å². The highest BCUT2D eigenvalue weighted by atomic mass is 16.4. The molecule has 1 heterocycles. The molecule has 0 saturated carbocycles. The molecule has 1 aromatic heterocycles. The van der Waals surface area contributed by atoms with Gasteiger partial charge in [0.05, 0.1) is 17.5 Å². The van der Waals surface area contributed by atoms with Gasteiger partial charge in [0.15, 0.2) is 0 Å². The van der Waals surface area contributed by atoms with E-state index < -0.39 is 5.97 Å². The molecule has 0 saturated heterocycles. The van der Waals surface area contributed by atoms with Crippen LogP contribution in [-0.4, -0.2) is 20.6 Å². The Morgan fingerprint density at radius 2 is 1.86 bits per heavy atom. The number of rotatable bonds is 4. The molecule has 0 unspecified atom stereocenters. The topological polar surface area (TPSA) is 55.1 Å². The van der Waals surface area contributed by atoms with Crippen molar-refractivity contribution in [2.45, 2.75) is 19.9 Å². The van der Waals surface area contributed by atoms with E-state index in [9.17, 15) is 4.79 Å². The summed E-state index contributed by atoms with van der Waals surface area (Å²) in [6.45, 7) is 2.45. The van der Waals surface area contributed by atoms with Crippen LogP contribution >= 0.6 is 0 Å². The van der Waals surface area contributed by atoms with Gasteiger partial charge in [-0.2, -0.15) is 0 Å². The number of imidazole rings is 1. The fourth-order valence-electron chi connectivity index (χ4n) is 2.43. The van der Waals surface area contributed by atoms with E-state index >= 15 is 0 Å². The molecule has 4 nitrogen and oxygen atoms in total. The summed E-state index contributed by atoms with van der Waals surface area (Å²) in [6, 6.07) is 15.9. The first-order valence-electron chi connectivity index (χ1n) is 6.89. The molecule has 0 aliphatic rings. The Balaban J connectivity index is 2.13. The van der Waals surface area contributed by atoms with Crippen LogP contribution in [0.15, 0.2) is 48.5 Å². The molecule has 3 aromatic rings. The fraction of sp³-hybridized carbons (Fsp3) is 0.176. The minimum atomic E-state index is -0.803. The molecule has 0 fully saturated rings. The van der Waals surface area contributed by atoms with Gasteiger partial charge < -0.3 is 9.67 Å². The Bertz CT molecular complexity index is 788. The average molecular weight is 280 g/mol. The third-order valence-electron chi connectivity index (χ3n) is 3.51. The van der Waals surface area contributed by atoms with Gasteiger partial charge in [0.1, 0.15) is 5.82 Å². The smallest absolute Gasteiger partial charge is 0.305 e. The summed E-state index contributed by atoms with van der Waals surface area (Å²) >= 11 is 0. The molecule has 21 heavy (non-hydrogen) atoms. The number of carboxylic acids is 1. The number of carbonyl (C=O) groups is 1. The maximum absolute atomic E-state index is 10.9. The van der Waals surface area contributed by atoms with Gasteiger partial charge in [-0.1, -0.05) is 42.0 Å². The molecule has 0 radical (unpaired) electrons. The summed E-state index contributed by atoms with van der Waals surface area (Å²) in [6.07, 6.45) is 0.0826. The van der Waals surface area contributed by atoms with E-state index in [0.717, 1.165) is 22.4 Å². The number of para-hydroxylation sites is 2. The first kappa shape index (κ1) is 13.4. The molecule has 3 rings (SSSR count). The van der Waals surface area contributed by atoms with E-state index in [1.807, 2.05) is 60.0 Å². The van der Waals surface area contributed by atoms with Crippen LogP contribution in [0.5, 0.6) is 0 Å². The summed E-state index contributed by atoms with van der Waals surface area (Å²) in [5.74, 6) is 0.0140. The average Bonchev–Trinajstić information content (AvgIpc) is 2.84. The summed E-state index contributed by atoms with van der Waals surface area (Å²) in [4.78, 5) is 15.5. The second kappa shape index (κ2) is 5.40. The predicted octanol–water partition coefficient (Wildman–Crippen LogP) is 3.49. The highest BCUT2D eigenvalue weighted by Gasteiger charge is 2.13. The lowest BCUT2D eigenvalue weighted by molar-refractivity contribution is -0.137. The minimum absolute atomic E-state index is 0.0826. The van der Waals surface area contributed by atoms with Crippen LogP contribution in [-0.2, 0) is 11.3 Å². The summed E-state index contributed by atoms with van der Waals surface area (Å²) < 4.78 is 1.98. The number of aromatic nitrogens is 2. The molecule has 4 heteroatoms. The van der Waals surface area contributed by atoms with E-state index in [4.69, 9.17) is 5.11 Å². The highest BCUT2D eigenvalue weighted by molar-refractivity contribution is 5.81. The van der Waals surface area contributed by atoms with E-state index in [1.54, 1.807) is 0 Å². The van der Waals surface area contributed by atoms with Gasteiger partial charge in [0, 0.05) is 12.1 Å². The maximum atomic E-state index is 10.9. The number of hydrogen-bond acceptors (Lipinski definition) is 2. The van der Waals surface area contributed by atoms with Crippen LogP contribution in [0.1, 0.15) is 12.0 Å². The lowest BCUT2D eigenvalue weighted by Crippen LogP contribution is -2.06.